The van der Waals surface area contributed by atoms with E-state index in [1.165, 1.54) is 10.4 Å². The van der Waals surface area contributed by atoms with E-state index in [0.29, 0.717) is 12.4 Å². The molecule has 0 aliphatic heterocycles. The molecule has 24 heavy (non-hydrogen) atoms. The van der Waals surface area contributed by atoms with E-state index in [4.69, 9.17) is 9.97 Å². The minimum atomic E-state index is -0.806. The predicted octanol–water partition coefficient (Wildman–Crippen LogP) is 3.58. The Labute approximate surface area is 146 Å². The molecule has 0 amide bonds. The fraction of sp³-hybridized carbons (Fsp3) is 0.389. The van der Waals surface area contributed by atoms with Crippen LogP contribution in [0.2, 0.25) is 0 Å². The monoisotopic (exact) mass is 342 g/mol. The largest absolute Gasteiger partial charge is 0.389 e. The van der Waals surface area contributed by atoms with Gasteiger partial charge in [0.2, 0.25) is 0 Å². The first-order valence-corrected chi connectivity index (χ1v) is 8.69. The molecule has 0 saturated heterocycles. The molecule has 0 spiro atoms. The fourth-order valence-electron chi connectivity index (χ4n) is 2.78. The highest BCUT2D eigenvalue weighted by atomic mass is 32.1. The third-order valence-corrected chi connectivity index (χ3v) is 5.02. The van der Waals surface area contributed by atoms with Gasteiger partial charge in [0.05, 0.1) is 11.0 Å². The van der Waals surface area contributed by atoms with Gasteiger partial charge in [0, 0.05) is 36.4 Å². The molecule has 0 aromatic carbocycles. The average molecular weight is 342 g/mol. The van der Waals surface area contributed by atoms with Gasteiger partial charge in [-0.2, -0.15) is 0 Å². The Kier molecular flexibility index (Phi) is 4.27. The first kappa shape index (κ1) is 16.8. The van der Waals surface area contributed by atoms with Gasteiger partial charge >= 0.3 is 0 Å². The van der Waals surface area contributed by atoms with Crippen molar-refractivity contribution in [3.63, 3.8) is 0 Å². The Bertz CT molecular complexity index is 868. The normalized spacial score (nSPS) is 11.9. The lowest BCUT2D eigenvalue weighted by molar-refractivity contribution is 0.0885. The van der Waals surface area contributed by atoms with E-state index in [0.717, 1.165) is 21.6 Å². The topological polar surface area (TPSA) is 62.1 Å². The third-order valence-electron chi connectivity index (χ3n) is 3.91. The SMILES string of the molecule is Cc1sc2nc(-c3cccnc3)nc(N(C)CC(C)(C)O)c2c1C. The number of aryl methyl sites for hydroxylation is 2. The van der Waals surface area contributed by atoms with Crippen LogP contribution in [0.25, 0.3) is 21.6 Å². The van der Waals surface area contributed by atoms with Crippen LogP contribution in [0.3, 0.4) is 0 Å². The molecule has 5 nitrogen and oxygen atoms in total. The zero-order chi connectivity index (χ0) is 17.5. The molecule has 6 heteroatoms. The Hall–Kier alpha value is -2.05. The summed E-state index contributed by atoms with van der Waals surface area (Å²) in [5.41, 5.74) is 1.28. The second-order valence-electron chi connectivity index (χ2n) is 6.74. The zero-order valence-corrected chi connectivity index (χ0v) is 15.5. The number of pyridine rings is 1. The van der Waals surface area contributed by atoms with Crippen LogP contribution < -0.4 is 4.90 Å². The molecule has 0 aliphatic carbocycles. The van der Waals surface area contributed by atoms with Crippen molar-refractivity contribution in [2.75, 3.05) is 18.5 Å². The van der Waals surface area contributed by atoms with Crippen LogP contribution in [0, 0.1) is 13.8 Å². The first-order valence-electron chi connectivity index (χ1n) is 7.88. The molecule has 0 unspecified atom stereocenters. The number of aromatic nitrogens is 3. The molecule has 3 heterocycles. The molecule has 3 aromatic rings. The number of rotatable bonds is 4. The maximum atomic E-state index is 10.2. The Balaban J connectivity index is 2.21. The van der Waals surface area contributed by atoms with Crippen LogP contribution in [0.4, 0.5) is 5.82 Å². The summed E-state index contributed by atoms with van der Waals surface area (Å²) in [4.78, 5) is 17.9. The highest BCUT2D eigenvalue weighted by Crippen LogP contribution is 2.36. The standard InChI is InChI=1S/C18H22N4OS/c1-11-12(2)24-17-14(11)16(22(5)10-18(3,4)23)20-15(21-17)13-7-6-8-19-9-13/h6-9,23H,10H2,1-5H3. The number of anilines is 1. The lowest BCUT2D eigenvalue weighted by Crippen LogP contribution is -2.36. The number of hydrogen-bond donors (Lipinski definition) is 1. The molecule has 0 radical (unpaired) electrons. The molecule has 0 atom stereocenters. The van der Waals surface area contributed by atoms with Crippen molar-refractivity contribution in [3.05, 3.63) is 35.0 Å². The van der Waals surface area contributed by atoms with Crippen LogP contribution in [-0.2, 0) is 0 Å². The summed E-state index contributed by atoms with van der Waals surface area (Å²) in [7, 11) is 1.96. The van der Waals surface area contributed by atoms with Crippen LogP contribution in [-0.4, -0.2) is 39.3 Å². The Morgan fingerprint density at radius 1 is 1.25 bits per heavy atom. The summed E-state index contributed by atoms with van der Waals surface area (Å²) in [6, 6.07) is 3.84. The van der Waals surface area contributed by atoms with Crippen molar-refractivity contribution in [2.45, 2.75) is 33.3 Å². The van der Waals surface area contributed by atoms with E-state index >= 15 is 0 Å². The average Bonchev–Trinajstić information content (AvgIpc) is 2.80. The van der Waals surface area contributed by atoms with Gasteiger partial charge in [0.25, 0.3) is 0 Å². The van der Waals surface area contributed by atoms with Crippen molar-refractivity contribution in [1.82, 2.24) is 15.0 Å². The number of fused-ring (bicyclic) bond motifs is 1. The van der Waals surface area contributed by atoms with Gasteiger partial charge in [-0.05, 0) is 45.4 Å². The second-order valence-corrected chi connectivity index (χ2v) is 7.95. The van der Waals surface area contributed by atoms with Crippen molar-refractivity contribution in [3.8, 4) is 11.4 Å². The number of hydrogen-bond acceptors (Lipinski definition) is 6. The molecule has 3 rings (SSSR count). The molecular formula is C18H22N4OS. The minimum absolute atomic E-state index is 0.486. The van der Waals surface area contributed by atoms with Crippen LogP contribution in [0.5, 0.6) is 0 Å². The smallest absolute Gasteiger partial charge is 0.164 e. The summed E-state index contributed by atoms with van der Waals surface area (Å²) in [6.07, 6.45) is 3.51. The van der Waals surface area contributed by atoms with Crippen molar-refractivity contribution >= 4 is 27.4 Å². The van der Waals surface area contributed by atoms with Gasteiger partial charge in [-0.25, -0.2) is 9.97 Å². The summed E-state index contributed by atoms with van der Waals surface area (Å²) in [5, 5.41) is 11.3. The van der Waals surface area contributed by atoms with Crippen LogP contribution >= 0.6 is 11.3 Å². The number of likely N-dealkylation sites (N-methyl/N-ethyl adjacent to an activating group) is 1. The quantitative estimate of drug-likeness (QED) is 0.785. The number of thiophene rings is 1. The summed E-state index contributed by atoms with van der Waals surface area (Å²) < 4.78 is 0. The van der Waals surface area contributed by atoms with E-state index in [-0.39, 0.29) is 0 Å². The van der Waals surface area contributed by atoms with E-state index < -0.39 is 5.60 Å². The lowest BCUT2D eigenvalue weighted by Gasteiger charge is -2.27. The van der Waals surface area contributed by atoms with Crippen LogP contribution in [0.15, 0.2) is 24.5 Å². The summed E-state index contributed by atoms with van der Waals surface area (Å²) in [5.74, 6) is 1.51. The number of nitrogens with zero attached hydrogens (tertiary/aromatic N) is 4. The third kappa shape index (κ3) is 3.25. The van der Waals surface area contributed by atoms with E-state index in [1.54, 1.807) is 37.6 Å². The maximum absolute atomic E-state index is 10.2. The zero-order valence-electron chi connectivity index (χ0n) is 14.7. The molecule has 0 fully saturated rings. The number of aliphatic hydroxyl groups is 1. The van der Waals surface area contributed by atoms with Gasteiger partial charge in [0.1, 0.15) is 10.6 Å². The second kappa shape index (κ2) is 6.11. The van der Waals surface area contributed by atoms with Gasteiger partial charge in [-0.3, -0.25) is 4.98 Å². The first-order chi connectivity index (χ1) is 11.3. The van der Waals surface area contributed by atoms with Gasteiger partial charge < -0.3 is 10.0 Å². The Morgan fingerprint density at radius 3 is 2.62 bits per heavy atom. The predicted molar refractivity (Wildman–Crippen MR) is 99.7 cm³/mol. The summed E-state index contributed by atoms with van der Waals surface area (Å²) in [6.45, 7) is 8.29. The van der Waals surface area contributed by atoms with Crippen molar-refractivity contribution < 1.29 is 5.11 Å². The lowest BCUT2D eigenvalue weighted by atomic mass is 10.1. The van der Waals surface area contributed by atoms with Gasteiger partial charge in [-0.1, -0.05) is 0 Å². The van der Waals surface area contributed by atoms with E-state index in [1.807, 2.05) is 24.1 Å². The van der Waals surface area contributed by atoms with Gasteiger partial charge in [-0.15, -0.1) is 11.3 Å². The fourth-order valence-corrected chi connectivity index (χ4v) is 3.81. The van der Waals surface area contributed by atoms with Crippen LogP contribution in [0.1, 0.15) is 24.3 Å². The highest BCUT2D eigenvalue weighted by molar-refractivity contribution is 7.18. The molecule has 1 N–H and O–H groups in total. The summed E-state index contributed by atoms with van der Waals surface area (Å²) >= 11 is 1.68. The van der Waals surface area contributed by atoms with E-state index in [2.05, 4.69) is 18.8 Å². The Morgan fingerprint density at radius 2 is 2.00 bits per heavy atom. The van der Waals surface area contributed by atoms with Gasteiger partial charge in [0.15, 0.2) is 5.82 Å². The van der Waals surface area contributed by atoms with Crippen molar-refractivity contribution in [2.24, 2.45) is 0 Å². The molecule has 3 aromatic heterocycles. The van der Waals surface area contributed by atoms with E-state index in [9.17, 15) is 5.11 Å². The highest BCUT2D eigenvalue weighted by Gasteiger charge is 2.22. The van der Waals surface area contributed by atoms with Crippen molar-refractivity contribution in [1.29, 1.82) is 0 Å². The molecule has 0 aliphatic rings. The minimum Gasteiger partial charge on any atom is -0.389 e. The molecule has 126 valence electrons. The molecule has 0 bridgehead atoms. The maximum Gasteiger partial charge on any atom is 0.164 e. The molecular weight excluding hydrogens is 320 g/mol. The molecule has 0 saturated carbocycles.